The lowest BCUT2D eigenvalue weighted by molar-refractivity contribution is 0.205. The molecule has 20 heavy (non-hydrogen) atoms. The summed E-state index contributed by atoms with van der Waals surface area (Å²) in [4.78, 5) is 0. The molecule has 1 aromatic rings. The van der Waals surface area contributed by atoms with Gasteiger partial charge in [-0.25, -0.2) is 0 Å². The van der Waals surface area contributed by atoms with Crippen LogP contribution < -0.4 is 5.19 Å². The smallest absolute Gasteiger partial charge is 0.195 e. The van der Waals surface area contributed by atoms with Crippen LogP contribution in [0.25, 0.3) is 0 Å². The molecule has 0 heterocycles. The van der Waals surface area contributed by atoms with Gasteiger partial charge >= 0.3 is 0 Å². The summed E-state index contributed by atoms with van der Waals surface area (Å²) in [6, 6.07) is 15.2. The van der Waals surface area contributed by atoms with Crippen molar-refractivity contribution in [1.82, 2.24) is 0 Å². The fourth-order valence-corrected chi connectivity index (χ4v) is 15.3. The van der Waals surface area contributed by atoms with Crippen molar-refractivity contribution >= 4 is 21.3 Å². The Labute approximate surface area is 128 Å². The summed E-state index contributed by atoms with van der Waals surface area (Å²) < 4.78 is 6.63. The van der Waals surface area contributed by atoms with Crippen molar-refractivity contribution in [2.75, 3.05) is 6.61 Å². The fraction of sp³-hybridized carbons (Fsp3) is 0.647. The molecule has 1 rings (SSSR count). The van der Waals surface area contributed by atoms with Crippen LogP contribution in [0, 0.1) is 5.41 Å². The van der Waals surface area contributed by atoms with Gasteiger partial charge in [0.25, 0.3) is 0 Å². The van der Waals surface area contributed by atoms with Gasteiger partial charge < -0.3 is 4.43 Å². The highest BCUT2D eigenvalue weighted by atomic mass is 29.2. The molecule has 1 unspecified atom stereocenters. The molecule has 1 nitrogen and oxygen atoms in total. The highest BCUT2D eigenvalue weighted by Crippen LogP contribution is 2.25. The van der Waals surface area contributed by atoms with E-state index >= 15 is 0 Å². The molecule has 0 aromatic heterocycles. The zero-order valence-electron chi connectivity index (χ0n) is 14.2. The van der Waals surface area contributed by atoms with Crippen molar-refractivity contribution in [3.8, 4) is 0 Å². The Balaban J connectivity index is 3.07. The average molecular weight is 309 g/mol. The molecule has 0 aliphatic carbocycles. The zero-order chi connectivity index (χ0) is 15.2. The Morgan fingerprint density at radius 3 is 1.85 bits per heavy atom. The molecule has 3 heteroatoms. The normalized spacial score (nSPS) is 14.3. The average Bonchev–Trinajstić information content (AvgIpc) is 2.44. The van der Waals surface area contributed by atoms with Crippen molar-refractivity contribution in [3.63, 3.8) is 0 Å². The topological polar surface area (TPSA) is 9.23 Å². The summed E-state index contributed by atoms with van der Waals surface area (Å²) in [6.45, 7) is 14.9. The first-order valence-corrected chi connectivity index (χ1v) is 13.5. The van der Waals surface area contributed by atoms with Gasteiger partial charge in [0, 0.05) is 6.61 Å². The Kier molecular flexibility index (Phi) is 6.69. The summed E-state index contributed by atoms with van der Waals surface area (Å²) >= 11 is 0. The molecular weight excluding hydrogens is 276 g/mol. The molecule has 0 aliphatic rings. The van der Waals surface area contributed by atoms with Crippen LogP contribution in [0.4, 0.5) is 0 Å². The minimum atomic E-state index is -1.30. The Hall–Kier alpha value is -0.386. The molecule has 1 atom stereocenters. The molecule has 0 amide bonds. The molecule has 0 N–H and O–H groups in total. The SMILES string of the molecule is CC[Si](CC)(CC)[SiH](OCC(C)(C)C)c1ccccc1. The van der Waals surface area contributed by atoms with Gasteiger partial charge in [-0.05, 0) is 10.6 Å². The van der Waals surface area contributed by atoms with Crippen LogP contribution >= 0.6 is 0 Å². The van der Waals surface area contributed by atoms with Crippen LogP contribution in [0.2, 0.25) is 18.1 Å². The van der Waals surface area contributed by atoms with Crippen molar-refractivity contribution < 1.29 is 4.43 Å². The van der Waals surface area contributed by atoms with Crippen molar-refractivity contribution in [1.29, 1.82) is 0 Å². The van der Waals surface area contributed by atoms with E-state index in [1.54, 1.807) is 0 Å². The first kappa shape index (κ1) is 17.7. The van der Waals surface area contributed by atoms with E-state index in [-0.39, 0.29) is 5.41 Å². The third-order valence-electron chi connectivity index (χ3n) is 4.45. The maximum absolute atomic E-state index is 6.63. The highest BCUT2D eigenvalue weighted by Gasteiger charge is 2.40. The molecule has 0 spiro atoms. The monoisotopic (exact) mass is 308 g/mol. The Morgan fingerprint density at radius 2 is 1.45 bits per heavy atom. The maximum Gasteiger partial charge on any atom is 0.195 e. The lowest BCUT2D eigenvalue weighted by Crippen LogP contribution is -2.59. The van der Waals surface area contributed by atoms with Gasteiger partial charge in [0.05, 0.1) is 7.59 Å². The minimum Gasteiger partial charge on any atom is -0.418 e. The predicted octanol–water partition coefficient (Wildman–Crippen LogP) is 4.27. The van der Waals surface area contributed by atoms with Crippen LogP contribution in [-0.2, 0) is 4.43 Å². The molecule has 0 fully saturated rings. The summed E-state index contributed by atoms with van der Waals surface area (Å²) in [5.41, 5.74) is 0.259. The number of rotatable bonds is 7. The molecule has 0 saturated carbocycles. The molecular formula is C17H32OSi2. The van der Waals surface area contributed by atoms with Crippen molar-refractivity contribution in [3.05, 3.63) is 30.3 Å². The van der Waals surface area contributed by atoms with Crippen LogP contribution in [-0.4, -0.2) is 22.8 Å². The first-order chi connectivity index (χ1) is 9.38. The number of benzene rings is 1. The molecule has 114 valence electrons. The van der Waals surface area contributed by atoms with Gasteiger partial charge in [-0.15, -0.1) is 0 Å². The highest BCUT2D eigenvalue weighted by molar-refractivity contribution is 7.35. The summed E-state index contributed by atoms with van der Waals surface area (Å²) in [5, 5.41) is 1.52. The van der Waals surface area contributed by atoms with Gasteiger partial charge in [0.1, 0.15) is 0 Å². The lowest BCUT2D eigenvalue weighted by Gasteiger charge is -2.37. The maximum atomic E-state index is 6.63. The second-order valence-electron chi connectivity index (χ2n) is 7.09. The summed E-state index contributed by atoms with van der Waals surface area (Å²) in [6.07, 6.45) is 0. The molecule has 1 aromatic carbocycles. The molecule has 0 radical (unpaired) electrons. The summed E-state index contributed by atoms with van der Waals surface area (Å²) in [7, 11) is -2.57. The standard InChI is InChI=1S/C17H32OSi2/c1-7-20(8-2,9-3)19(18-15-17(4,5)6)16-13-11-10-12-14-16/h10-14,19H,7-9,15H2,1-6H3. The third-order valence-corrected chi connectivity index (χ3v) is 19.8. The van der Waals surface area contributed by atoms with E-state index < -0.39 is 16.1 Å². The first-order valence-electron chi connectivity index (χ1n) is 8.05. The van der Waals surface area contributed by atoms with E-state index in [0.717, 1.165) is 6.61 Å². The fourth-order valence-electron chi connectivity index (χ4n) is 2.89. The van der Waals surface area contributed by atoms with E-state index in [2.05, 4.69) is 71.9 Å². The molecule has 0 bridgehead atoms. The Bertz CT molecular complexity index is 371. The van der Waals surface area contributed by atoms with E-state index in [9.17, 15) is 0 Å². The van der Waals surface area contributed by atoms with Crippen LogP contribution in [0.15, 0.2) is 30.3 Å². The van der Waals surface area contributed by atoms with E-state index in [1.165, 1.54) is 23.3 Å². The largest absolute Gasteiger partial charge is 0.418 e. The molecule has 0 saturated heterocycles. The van der Waals surface area contributed by atoms with E-state index in [0.29, 0.717) is 0 Å². The second kappa shape index (κ2) is 7.57. The van der Waals surface area contributed by atoms with Gasteiger partial charge in [-0.3, -0.25) is 0 Å². The number of hydrogen-bond acceptors (Lipinski definition) is 1. The van der Waals surface area contributed by atoms with Gasteiger partial charge in [-0.2, -0.15) is 0 Å². The third kappa shape index (κ3) is 4.57. The van der Waals surface area contributed by atoms with E-state index in [4.69, 9.17) is 4.43 Å². The Morgan fingerprint density at radius 1 is 0.950 bits per heavy atom. The van der Waals surface area contributed by atoms with Crippen molar-refractivity contribution in [2.24, 2.45) is 5.41 Å². The van der Waals surface area contributed by atoms with Gasteiger partial charge in [0.15, 0.2) is 8.56 Å². The molecule has 0 aliphatic heterocycles. The predicted molar refractivity (Wildman–Crippen MR) is 95.8 cm³/mol. The van der Waals surface area contributed by atoms with Crippen molar-refractivity contribution in [2.45, 2.75) is 59.7 Å². The van der Waals surface area contributed by atoms with Gasteiger partial charge in [0.2, 0.25) is 0 Å². The number of hydrogen-bond donors (Lipinski definition) is 0. The second-order valence-corrected chi connectivity index (χ2v) is 18.9. The van der Waals surface area contributed by atoms with Crippen LogP contribution in [0.1, 0.15) is 41.5 Å². The lowest BCUT2D eigenvalue weighted by atomic mass is 9.99. The quantitative estimate of drug-likeness (QED) is 0.684. The van der Waals surface area contributed by atoms with Crippen LogP contribution in [0.5, 0.6) is 0 Å². The van der Waals surface area contributed by atoms with Crippen LogP contribution in [0.3, 0.4) is 0 Å². The minimum absolute atomic E-state index is 0.259. The van der Waals surface area contributed by atoms with Gasteiger partial charge in [-0.1, -0.05) is 90.0 Å². The zero-order valence-corrected chi connectivity index (χ0v) is 16.4. The van der Waals surface area contributed by atoms with E-state index in [1.807, 2.05) is 0 Å². The summed E-state index contributed by atoms with van der Waals surface area (Å²) in [5.74, 6) is 0.